The monoisotopic (exact) mass is 592 g/mol. The van der Waals surface area contributed by atoms with E-state index in [2.05, 4.69) is 129 Å². The first-order valence-corrected chi connectivity index (χ1v) is 15.9. The number of aromatic nitrogens is 2. The van der Waals surface area contributed by atoms with Crippen LogP contribution >= 0.6 is 0 Å². The summed E-state index contributed by atoms with van der Waals surface area (Å²) >= 11 is 0. The van der Waals surface area contributed by atoms with Gasteiger partial charge in [0.2, 0.25) is 0 Å². The van der Waals surface area contributed by atoms with Crippen LogP contribution in [0.1, 0.15) is 36.7 Å². The highest BCUT2D eigenvalue weighted by molar-refractivity contribution is 6.09. The zero-order valence-electron chi connectivity index (χ0n) is 26.3. The lowest BCUT2D eigenvalue weighted by Gasteiger charge is -2.26. The standard InChI is InChI=1S/C44H36N2/c1-4-6-15-31(5-2)44-45-42(32-16-8-7-9-17-32)29-43(46-44)36-20-14-19-33(26-36)34-25-24-30(3)40(27-34)41-28-35-18-10-11-21-37(35)38-22-12-13-23-39(38)41/h4-30,40H,2H2,1,3H3. The van der Waals surface area contributed by atoms with Crippen molar-refractivity contribution in [2.75, 3.05) is 0 Å². The molecule has 2 atom stereocenters. The first kappa shape index (κ1) is 29.1. The van der Waals surface area contributed by atoms with Gasteiger partial charge in [-0.05, 0) is 69.3 Å². The fraction of sp³-hybridized carbons (Fsp3) is 0.0909. The highest BCUT2D eigenvalue weighted by Gasteiger charge is 2.23. The van der Waals surface area contributed by atoms with E-state index in [9.17, 15) is 0 Å². The van der Waals surface area contributed by atoms with Crippen molar-refractivity contribution in [2.45, 2.75) is 19.8 Å². The van der Waals surface area contributed by atoms with Gasteiger partial charge in [-0.25, -0.2) is 9.97 Å². The summed E-state index contributed by atoms with van der Waals surface area (Å²) in [5.41, 5.74) is 8.51. The maximum absolute atomic E-state index is 5.06. The lowest BCUT2D eigenvalue weighted by molar-refractivity contribution is 0.642. The van der Waals surface area contributed by atoms with Crippen molar-refractivity contribution in [3.8, 4) is 22.5 Å². The molecule has 0 radical (unpaired) electrons. The number of hydrogen-bond acceptors (Lipinski definition) is 2. The van der Waals surface area contributed by atoms with E-state index in [4.69, 9.17) is 9.97 Å². The van der Waals surface area contributed by atoms with Gasteiger partial charge in [-0.2, -0.15) is 0 Å². The smallest absolute Gasteiger partial charge is 0.160 e. The largest absolute Gasteiger partial charge is 0.228 e. The third kappa shape index (κ3) is 5.66. The van der Waals surface area contributed by atoms with Crippen molar-refractivity contribution >= 4 is 32.7 Å². The first-order valence-electron chi connectivity index (χ1n) is 15.9. The van der Waals surface area contributed by atoms with Crippen LogP contribution < -0.4 is 0 Å². The molecule has 0 amide bonds. The highest BCUT2D eigenvalue weighted by atomic mass is 14.9. The number of rotatable bonds is 7. The van der Waals surface area contributed by atoms with Gasteiger partial charge in [0.15, 0.2) is 5.82 Å². The Morgan fingerprint density at radius 2 is 1.37 bits per heavy atom. The van der Waals surface area contributed by atoms with E-state index in [-0.39, 0.29) is 5.92 Å². The SMILES string of the molecule is C=CC(=CC=CC)c1nc(-c2ccccc2)cc(-c2cccc(C3=CC(c4cc5ccccc5c5ccccc45)C(C)C=C3)c2)n1. The molecule has 2 nitrogen and oxygen atoms in total. The van der Waals surface area contributed by atoms with Gasteiger partial charge in [0, 0.05) is 22.6 Å². The minimum absolute atomic E-state index is 0.250. The van der Waals surface area contributed by atoms with Crippen LogP contribution in [0.15, 0.2) is 164 Å². The molecule has 1 heterocycles. The third-order valence-corrected chi connectivity index (χ3v) is 8.90. The number of nitrogens with zero attached hydrogens (tertiary/aromatic N) is 2. The average Bonchev–Trinajstić information content (AvgIpc) is 3.12. The first-order chi connectivity index (χ1) is 22.6. The average molecular weight is 593 g/mol. The van der Waals surface area contributed by atoms with Crippen molar-refractivity contribution in [3.05, 3.63) is 181 Å². The Bertz CT molecular complexity index is 2200. The quantitative estimate of drug-likeness (QED) is 0.136. The third-order valence-electron chi connectivity index (χ3n) is 8.90. The molecule has 222 valence electrons. The highest BCUT2D eigenvalue weighted by Crippen LogP contribution is 2.41. The fourth-order valence-corrected chi connectivity index (χ4v) is 6.47. The molecule has 0 spiro atoms. The predicted molar refractivity (Wildman–Crippen MR) is 196 cm³/mol. The van der Waals surface area contributed by atoms with Gasteiger partial charge in [0.1, 0.15) is 0 Å². The second kappa shape index (κ2) is 12.8. The maximum atomic E-state index is 5.06. The predicted octanol–water partition coefficient (Wildman–Crippen LogP) is 11.6. The number of benzene rings is 5. The van der Waals surface area contributed by atoms with Crippen LogP contribution in [0.2, 0.25) is 0 Å². The topological polar surface area (TPSA) is 25.8 Å². The summed E-state index contributed by atoms with van der Waals surface area (Å²) in [6.07, 6.45) is 14.9. The van der Waals surface area contributed by atoms with Crippen LogP contribution in [0.25, 0.3) is 55.2 Å². The Kier molecular flexibility index (Phi) is 8.10. The molecule has 46 heavy (non-hydrogen) atoms. The van der Waals surface area contributed by atoms with Crippen LogP contribution in [0.3, 0.4) is 0 Å². The number of fused-ring (bicyclic) bond motifs is 3. The van der Waals surface area contributed by atoms with Crippen molar-refractivity contribution in [1.29, 1.82) is 0 Å². The molecule has 2 heteroatoms. The molecule has 6 aromatic rings. The van der Waals surface area contributed by atoms with Crippen molar-refractivity contribution in [1.82, 2.24) is 9.97 Å². The summed E-state index contributed by atoms with van der Waals surface area (Å²) in [6, 6.07) is 41.0. The van der Waals surface area contributed by atoms with Gasteiger partial charge in [-0.3, -0.25) is 0 Å². The van der Waals surface area contributed by atoms with Gasteiger partial charge in [-0.1, -0.05) is 153 Å². The van der Waals surface area contributed by atoms with Crippen LogP contribution in [0.4, 0.5) is 0 Å². The Hall–Kier alpha value is -5.60. The van der Waals surface area contributed by atoms with E-state index >= 15 is 0 Å². The molecular weight excluding hydrogens is 556 g/mol. The van der Waals surface area contributed by atoms with E-state index in [0.717, 1.165) is 28.1 Å². The van der Waals surface area contributed by atoms with Gasteiger partial charge < -0.3 is 0 Å². The summed E-state index contributed by atoms with van der Waals surface area (Å²) < 4.78 is 0. The molecule has 5 aromatic carbocycles. The van der Waals surface area contributed by atoms with Crippen molar-refractivity contribution in [3.63, 3.8) is 0 Å². The summed E-state index contributed by atoms with van der Waals surface area (Å²) in [7, 11) is 0. The van der Waals surface area contributed by atoms with Crippen molar-refractivity contribution < 1.29 is 0 Å². The molecule has 0 aliphatic heterocycles. The lowest BCUT2D eigenvalue weighted by Crippen LogP contribution is -2.10. The lowest BCUT2D eigenvalue weighted by atomic mass is 9.78. The normalized spacial score (nSPS) is 16.7. The summed E-state index contributed by atoms with van der Waals surface area (Å²) in [6.45, 7) is 8.36. The van der Waals surface area contributed by atoms with Crippen LogP contribution in [-0.4, -0.2) is 9.97 Å². The van der Waals surface area contributed by atoms with Gasteiger partial charge in [0.25, 0.3) is 0 Å². The Labute approximate surface area is 271 Å². The Balaban J connectivity index is 1.33. The van der Waals surface area contributed by atoms with Crippen LogP contribution in [0, 0.1) is 5.92 Å². The fourth-order valence-electron chi connectivity index (χ4n) is 6.47. The van der Waals surface area contributed by atoms with E-state index in [1.165, 1.54) is 38.2 Å². The molecule has 0 bridgehead atoms. The summed E-state index contributed by atoms with van der Waals surface area (Å²) in [4.78, 5) is 10.0. The molecule has 7 rings (SSSR count). The summed E-state index contributed by atoms with van der Waals surface area (Å²) in [5.74, 6) is 1.28. The van der Waals surface area contributed by atoms with Gasteiger partial charge in [0.05, 0.1) is 11.4 Å². The molecule has 1 aromatic heterocycles. The second-order valence-corrected chi connectivity index (χ2v) is 11.9. The molecule has 0 saturated carbocycles. The van der Waals surface area contributed by atoms with Crippen LogP contribution in [0.5, 0.6) is 0 Å². The molecular formula is C44H36N2. The second-order valence-electron chi connectivity index (χ2n) is 11.9. The zero-order chi connectivity index (χ0) is 31.5. The molecule has 2 unspecified atom stereocenters. The van der Waals surface area contributed by atoms with Gasteiger partial charge >= 0.3 is 0 Å². The Morgan fingerprint density at radius 3 is 2.15 bits per heavy atom. The maximum Gasteiger partial charge on any atom is 0.160 e. The van der Waals surface area contributed by atoms with Gasteiger partial charge in [-0.15, -0.1) is 0 Å². The number of hydrogen-bond donors (Lipinski definition) is 0. The van der Waals surface area contributed by atoms with Crippen LogP contribution in [-0.2, 0) is 0 Å². The molecule has 0 fully saturated rings. The van der Waals surface area contributed by atoms with Crippen molar-refractivity contribution in [2.24, 2.45) is 5.92 Å². The van der Waals surface area contributed by atoms with E-state index in [1.54, 1.807) is 0 Å². The molecule has 1 aliphatic carbocycles. The minimum atomic E-state index is 0.250. The minimum Gasteiger partial charge on any atom is -0.228 e. The van der Waals surface area contributed by atoms with E-state index in [1.807, 2.05) is 49.4 Å². The Morgan fingerprint density at radius 1 is 0.696 bits per heavy atom. The molecule has 0 saturated heterocycles. The van der Waals surface area contributed by atoms with E-state index in [0.29, 0.717) is 11.7 Å². The molecule has 1 aliphatic rings. The number of allylic oxidation sites excluding steroid dienone is 9. The summed E-state index contributed by atoms with van der Waals surface area (Å²) in [5, 5.41) is 5.22. The molecule has 0 N–H and O–H groups in total. The van der Waals surface area contributed by atoms with E-state index < -0.39 is 0 Å². The zero-order valence-corrected chi connectivity index (χ0v) is 26.3.